The van der Waals surface area contributed by atoms with Crippen LogP contribution in [0.1, 0.15) is 69.9 Å². The molecule has 19 heteroatoms. The van der Waals surface area contributed by atoms with Gasteiger partial charge in [0.05, 0.1) is 17.5 Å². The van der Waals surface area contributed by atoms with Gasteiger partial charge < -0.3 is 34.3 Å². The minimum atomic E-state index is -1.32. The number of nitrogens with one attached hydrogen (secondary N) is 2. The standard InChI is InChI=1S/C52H57F3N10O6/c1-2-35-38(53)7-3-30-21-34(66)23-36(43(30)35)45-44(54)46-37(24-56-45)47(64-25-31-4-5-32(26-64)57-31)60-49(59-46)70-29-51(11-12-51)27-61-15-13-52(55,14-16-61)28-62-17-19-63(20-18-62)33-6-8-39-41(22-33)71-50(69)65(39)40-9-10-42(67)58-48(40)68/h3,6-8,21-24,31-32,40,57,66H,2,4-5,9-20,25-29H2,1H3,(H,58,67,68). The lowest BCUT2D eigenvalue weighted by molar-refractivity contribution is -0.135. The number of hydrogen-bond acceptors (Lipinski definition) is 14. The number of nitrogens with zero attached hydrogens (tertiary/aromatic N) is 8. The van der Waals surface area contributed by atoms with Crippen LogP contribution >= 0.6 is 0 Å². The lowest BCUT2D eigenvalue weighted by atomic mass is 9.91. The number of amides is 2. The smallest absolute Gasteiger partial charge is 0.420 e. The fourth-order valence-electron chi connectivity index (χ4n) is 12.0. The SMILES string of the molecule is CCc1c(F)ccc2cc(O)cc(-c3ncc4c(N5CC6CCC(C5)N6)nc(OCC5(CN6CCC(F)(CN7CCN(c8ccc9c(c8)oc(=O)n9C8CCC(=O)NC8=O)CC7)CC6)CC5)nc4c3F)c12. The number of phenolic OH excluding ortho intramolecular Hbond substituents is 1. The quantitative estimate of drug-likeness (QED) is 0.122. The summed E-state index contributed by atoms with van der Waals surface area (Å²) in [5.41, 5.74) is 0.956. The number of rotatable bonds is 12. The number of benzene rings is 3. The van der Waals surface area contributed by atoms with E-state index < -0.39 is 35.0 Å². The van der Waals surface area contributed by atoms with Crippen molar-refractivity contribution in [3.05, 3.63) is 76.4 Å². The van der Waals surface area contributed by atoms with Crippen LogP contribution in [-0.2, 0) is 16.0 Å². The topological polar surface area (TPSA) is 174 Å². The number of aromatic nitrogens is 4. The van der Waals surface area contributed by atoms with Crippen LogP contribution in [0.5, 0.6) is 11.8 Å². The van der Waals surface area contributed by atoms with Crippen LogP contribution in [-0.4, -0.2) is 136 Å². The molecular weight excluding hydrogens is 918 g/mol. The van der Waals surface area contributed by atoms with Crippen molar-refractivity contribution in [2.75, 3.05) is 81.9 Å². The van der Waals surface area contributed by atoms with Crippen LogP contribution in [0.4, 0.5) is 24.7 Å². The maximum atomic E-state index is 17.2. The molecule has 12 rings (SSSR count). The predicted octanol–water partition coefficient (Wildman–Crippen LogP) is 6.00. The second-order valence-electron chi connectivity index (χ2n) is 20.9. The average molecular weight is 975 g/mol. The zero-order chi connectivity index (χ0) is 48.8. The first kappa shape index (κ1) is 45.8. The number of fused-ring (bicyclic) bond motifs is 5. The Hall–Kier alpha value is -6.31. The number of alkyl halides is 1. The lowest BCUT2D eigenvalue weighted by Gasteiger charge is -2.43. The molecule has 1 aliphatic carbocycles. The maximum absolute atomic E-state index is 17.2. The number of likely N-dealkylation sites (tertiary alicyclic amines) is 1. The van der Waals surface area contributed by atoms with Gasteiger partial charge in [0.2, 0.25) is 11.8 Å². The van der Waals surface area contributed by atoms with Gasteiger partial charge in [0.15, 0.2) is 11.4 Å². The molecule has 0 spiro atoms. The molecule has 6 aromatic rings. The summed E-state index contributed by atoms with van der Waals surface area (Å²) in [6.07, 6.45) is 7.12. The minimum absolute atomic E-state index is 0.0439. The molecule has 6 fully saturated rings. The van der Waals surface area contributed by atoms with Gasteiger partial charge in [-0.15, -0.1) is 0 Å². The van der Waals surface area contributed by atoms with Crippen LogP contribution in [0.25, 0.3) is 44.0 Å². The van der Waals surface area contributed by atoms with Gasteiger partial charge in [-0.2, -0.15) is 9.97 Å². The van der Waals surface area contributed by atoms with Crippen molar-refractivity contribution in [1.29, 1.82) is 0 Å². The van der Waals surface area contributed by atoms with Gasteiger partial charge >= 0.3 is 11.8 Å². The summed E-state index contributed by atoms with van der Waals surface area (Å²) in [4.78, 5) is 60.2. The monoisotopic (exact) mass is 974 g/mol. The van der Waals surface area contributed by atoms with Crippen molar-refractivity contribution >= 4 is 56.1 Å². The van der Waals surface area contributed by atoms with Crippen molar-refractivity contribution in [1.82, 2.24) is 40.0 Å². The van der Waals surface area contributed by atoms with Crippen molar-refractivity contribution in [2.24, 2.45) is 5.41 Å². The molecular formula is C52H57F3N10O6. The van der Waals surface area contributed by atoms with Crippen LogP contribution in [0, 0.1) is 17.0 Å². The van der Waals surface area contributed by atoms with Gasteiger partial charge in [0.25, 0.3) is 0 Å². The number of oxazole rings is 1. The fraction of sp³-hybridized carbons (Fsp3) is 0.500. The van der Waals surface area contributed by atoms with Crippen molar-refractivity contribution in [3.8, 4) is 23.0 Å². The molecule has 5 saturated heterocycles. The number of aromatic hydroxyl groups is 1. The summed E-state index contributed by atoms with van der Waals surface area (Å²) in [6.45, 7) is 8.60. The number of carbonyl (C=O) groups excluding carboxylic acids is 2. The Labute approximate surface area is 407 Å². The van der Waals surface area contributed by atoms with Crippen LogP contribution in [0.2, 0.25) is 0 Å². The summed E-state index contributed by atoms with van der Waals surface area (Å²) in [5.74, 6) is -2.15. The number of piperidine rings is 2. The zero-order valence-corrected chi connectivity index (χ0v) is 39.7. The second-order valence-corrected chi connectivity index (χ2v) is 20.9. The fourth-order valence-corrected chi connectivity index (χ4v) is 12.0. The number of phenols is 1. The van der Waals surface area contributed by atoms with Crippen LogP contribution in [0.15, 0.2) is 57.9 Å². The molecule has 3 atom stereocenters. The summed E-state index contributed by atoms with van der Waals surface area (Å²) < 4.78 is 62.3. The molecule has 6 aliphatic rings. The van der Waals surface area contributed by atoms with Gasteiger partial charge in [0, 0.05) is 113 Å². The predicted molar refractivity (Wildman–Crippen MR) is 261 cm³/mol. The highest BCUT2D eigenvalue weighted by Gasteiger charge is 2.47. The number of pyridine rings is 1. The number of aryl methyl sites for hydroxylation is 1. The Morgan fingerprint density at radius 3 is 2.37 bits per heavy atom. The Kier molecular flexibility index (Phi) is 11.5. The average Bonchev–Trinajstić information content (AvgIpc) is 3.93. The Morgan fingerprint density at radius 1 is 0.873 bits per heavy atom. The highest BCUT2D eigenvalue weighted by atomic mass is 19.1. The third-order valence-corrected chi connectivity index (χ3v) is 16.1. The molecule has 5 aliphatic heterocycles. The van der Waals surface area contributed by atoms with Gasteiger partial charge in [0.1, 0.15) is 40.3 Å². The molecule has 71 heavy (non-hydrogen) atoms. The first-order valence-corrected chi connectivity index (χ1v) is 25.1. The highest BCUT2D eigenvalue weighted by molar-refractivity contribution is 6.02. The molecule has 3 aromatic heterocycles. The van der Waals surface area contributed by atoms with E-state index in [0.29, 0.717) is 123 Å². The molecule has 3 N–H and O–H groups in total. The van der Waals surface area contributed by atoms with Crippen LogP contribution < -0.4 is 30.9 Å². The van der Waals surface area contributed by atoms with E-state index in [-0.39, 0.29) is 64.8 Å². The van der Waals surface area contributed by atoms with E-state index >= 15 is 13.2 Å². The van der Waals surface area contributed by atoms with Gasteiger partial charge in [-0.3, -0.25) is 29.4 Å². The number of piperazine rings is 2. The third-order valence-electron chi connectivity index (χ3n) is 16.1. The molecule has 3 aromatic carbocycles. The zero-order valence-electron chi connectivity index (χ0n) is 39.7. The molecule has 16 nitrogen and oxygen atoms in total. The molecule has 3 unspecified atom stereocenters. The second kappa shape index (κ2) is 17.8. The molecule has 2 amide bonds. The number of anilines is 2. The van der Waals surface area contributed by atoms with E-state index in [1.54, 1.807) is 24.4 Å². The number of ether oxygens (including phenoxy) is 1. The number of carbonyl (C=O) groups is 2. The van der Waals surface area contributed by atoms with Gasteiger partial charge in [-0.25, -0.2) is 18.0 Å². The summed E-state index contributed by atoms with van der Waals surface area (Å²) in [5, 5.41) is 18.2. The van der Waals surface area contributed by atoms with Crippen LogP contribution in [0.3, 0.4) is 0 Å². The number of halogens is 3. The van der Waals surface area contributed by atoms with Gasteiger partial charge in [-0.05, 0) is 98.0 Å². The number of hydrogen-bond donors (Lipinski definition) is 3. The first-order chi connectivity index (χ1) is 34.3. The molecule has 1 saturated carbocycles. The normalized spacial score (nSPS) is 23.5. The van der Waals surface area contributed by atoms with E-state index in [2.05, 4.69) is 35.2 Å². The lowest BCUT2D eigenvalue weighted by Crippen LogP contribution is -2.54. The largest absolute Gasteiger partial charge is 0.508 e. The Bertz CT molecular complexity index is 3150. The van der Waals surface area contributed by atoms with Crippen molar-refractivity contribution in [3.63, 3.8) is 0 Å². The Balaban J connectivity index is 0.701. The minimum Gasteiger partial charge on any atom is -0.508 e. The molecule has 0 radical (unpaired) electrons. The summed E-state index contributed by atoms with van der Waals surface area (Å²) in [7, 11) is 0. The van der Waals surface area contributed by atoms with Gasteiger partial charge in [-0.1, -0.05) is 13.0 Å². The summed E-state index contributed by atoms with van der Waals surface area (Å²) in [6, 6.07) is 11.2. The Morgan fingerprint density at radius 2 is 1.63 bits per heavy atom. The highest BCUT2D eigenvalue weighted by Crippen LogP contribution is 2.48. The van der Waals surface area contributed by atoms with E-state index in [1.165, 1.54) is 16.7 Å². The summed E-state index contributed by atoms with van der Waals surface area (Å²) >= 11 is 0. The number of imide groups is 1. The van der Waals surface area contributed by atoms with Crippen molar-refractivity contribution < 1.29 is 37.0 Å². The van der Waals surface area contributed by atoms with E-state index in [9.17, 15) is 19.5 Å². The molecule has 2 bridgehead atoms. The van der Waals surface area contributed by atoms with E-state index in [0.717, 1.165) is 37.9 Å². The third kappa shape index (κ3) is 8.62. The molecule has 372 valence electrons. The van der Waals surface area contributed by atoms with E-state index in [1.807, 2.05) is 19.1 Å². The van der Waals surface area contributed by atoms with Crippen molar-refractivity contribution in [2.45, 2.75) is 88.5 Å². The first-order valence-electron chi connectivity index (χ1n) is 25.1. The van der Waals surface area contributed by atoms with E-state index in [4.69, 9.17) is 19.1 Å². The molecule has 8 heterocycles. The maximum Gasteiger partial charge on any atom is 0.420 e.